The zero-order valence-electron chi connectivity index (χ0n) is 11.4. The number of rotatable bonds is 6. The summed E-state index contributed by atoms with van der Waals surface area (Å²) in [4.78, 5) is 0. The molecule has 2 aliphatic rings. The minimum Gasteiger partial charge on any atom is -0.130 e. The van der Waals surface area contributed by atoms with Crippen LogP contribution in [-0.2, 0) is 0 Å². The molecule has 0 aliphatic heterocycles. The molecule has 0 fully saturated rings. The molecule has 2 heteroatoms. The molecule has 0 radical (unpaired) electrons. The minimum absolute atomic E-state index is 0.603. The SMILES string of the molecule is CCCCC1=CC([Si](C)(CCl)C2C=CC=C2)C=C1. The van der Waals surface area contributed by atoms with Crippen molar-refractivity contribution in [2.24, 2.45) is 0 Å². The van der Waals surface area contributed by atoms with E-state index in [0.717, 1.165) is 5.50 Å². The number of halogens is 1. The third-order valence-corrected chi connectivity index (χ3v) is 10.4. The maximum absolute atomic E-state index is 6.35. The number of hydrogen-bond donors (Lipinski definition) is 0. The second kappa shape index (κ2) is 6.07. The standard InChI is InChI=1S/C16H23ClSi/c1-3-4-7-14-10-11-16(12-14)18(2,13-17)15-8-5-6-9-15/h5-6,8-12,15-16H,3-4,7,13H2,1-2H3. The fourth-order valence-electron chi connectivity index (χ4n) is 2.80. The number of alkyl halides is 1. The Kier molecular flexibility index (Phi) is 4.69. The topological polar surface area (TPSA) is 0 Å². The maximum atomic E-state index is 6.35. The lowest BCUT2D eigenvalue weighted by molar-refractivity contribution is 0.798. The van der Waals surface area contributed by atoms with Crippen molar-refractivity contribution >= 4 is 19.7 Å². The molecule has 0 amide bonds. The molecule has 0 bridgehead atoms. The van der Waals surface area contributed by atoms with Gasteiger partial charge in [0.1, 0.15) is 0 Å². The van der Waals surface area contributed by atoms with Crippen LogP contribution in [0.1, 0.15) is 26.2 Å². The van der Waals surface area contributed by atoms with Crippen LogP contribution < -0.4 is 0 Å². The lowest BCUT2D eigenvalue weighted by atomic mass is 10.1. The van der Waals surface area contributed by atoms with Gasteiger partial charge in [0.05, 0.1) is 8.07 Å². The molecule has 18 heavy (non-hydrogen) atoms. The Morgan fingerprint density at radius 1 is 1.17 bits per heavy atom. The highest BCUT2D eigenvalue weighted by molar-refractivity contribution is 6.88. The molecule has 0 spiro atoms. The van der Waals surface area contributed by atoms with E-state index in [1.807, 2.05) is 0 Å². The van der Waals surface area contributed by atoms with Crippen molar-refractivity contribution in [2.75, 3.05) is 5.50 Å². The zero-order valence-corrected chi connectivity index (χ0v) is 13.2. The Morgan fingerprint density at radius 3 is 2.50 bits per heavy atom. The molecule has 2 atom stereocenters. The largest absolute Gasteiger partial charge is 0.130 e. The number of allylic oxidation sites excluding steroid dienone is 8. The van der Waals surface area contributed by atoms with Gasteiger partial charge in [-0.15, -0.1) is 11.6 Å². The van der Waals surface area contributed by atoms with Gasteiger partial charge in [-0.1, -0.05) is 68.0 Å². The molecular formula is C16H23ClSi. The van der Waals surface area contributed by atoms with Gasteiger partial charge >= 0.3 is 0 Å². The second-order valence-electron chi connectivity index (χ2n) is 5.67. The quantitative estimate of drug-likeness (QED) is 0.451. The third kappa shape index (κ3) is 2.72. The van der Waals surface area contributed by atoms with Gasteiger partial charge in [-0.3, -0.25) is 0 Å². The molecule has 2 rings (SSSR count). The summed E-state index contributed by atoms with van der Waals surface area (Å²) in [6, 6.07) is 0. The summed E-state index contributed by atoms with van der Waals surface area (Å²) in [5.41, 5.74) is 3.57. The highest BCUT2D eigenvalue weighted by atomic mass is 35.5. The van der Waals surface area contributed by atoms with E-state index in [4.69, 9.17) is 11.6 Å². The van der Waals surface area contributed by atoms with E-state index < -0.39 is 8.07 Å². The minimum atomic E-state index is -1.51. The van der Waals surface area contributed by atoms with Crippen LogP contribution >= 0.6 is 11.6 Å². The van der Waals surface area contributed by atoms with Crippen molar-refractivity contribution in [3.05, 3.63) is 48.1 Å². The number of unbranched alkanes of at least 4 members (excludes halogenated alkanes) is 1. The fraction of sp³-hybridized carbons (Fsp3) is 0.500. The Bertz CT molecular complexity index is 393. The van der Waals surface area contributed by atoms with E-state index in [9.17, 15) is 0 Å². The molecule has 2 unspecified atom stereocenters. The first-order valence-electron chi connectivity index (χ1n) is 7.00. The van der Waals surface area contributed by atoms with Crippen LogP contribution in [0.15, 0.2) is 48.1 Å². The molecule has 98 valence electrons. The molecule has 0 heterocycles. The zero-order chi connectivity index (χ0) is 13.0. The second-order valence-corrected chi connectivity index (χ2v) is 11.1. The first-order valence-corrected chi connectivity index (χ1v) is 10.4. The van der Waals surface area contributed by atoms with Crippen molar-refractivity contribution in [1.29, 1.82) is 0 Å². The summed E-state index contributed by atoms with van der Waals surface area (Å²) in [6.07, 6.45) is 20.0. The molecule has 0 aromatic heterocycles. The smallest absolute Gasteiger partial charge is 0.0885 e. The lowest BCUT2D eigenvalue weighted by Crippen LogP contribution is -2.41. The normalized spacial score (nSPS) is 25.7. The van der Waals surface area contributed by atoms with Crippen molar-refractivity contribution in [3.8, 4) is 0 Å². The summed E-state index contributed by atoms with van der Waals surface area (Å²) in [5.74, 6) is 0. The molecular weight excluding hydrogens is 256 g/mol. The maximum Gasteiger partial charge on any atom is 0.0885 e. The first kappa shape index (κ1) is 13.9. The molecule has 0 aromatic rings. The van der Waals surface area contributed by atoms with Crippen LogP contribution in [0.3, 0.4) is 0 Å². The van der Waals surface area contributed by atoms with E-state index in [2.05, 4.69) is 56.0 Å². The van der Waals surface area contributed by atoms with Crippen molar-refractivity contribution < 1.29 is 0 Å². The summed E-state index contributed by atoms with van der Waals surface area (Å²) in [6.45, 7) is 4.70. The van der Waals surface area contributed by atoms with Gasteiger partial charge in [0.25, 0.3) is 0 Å². The van der Waals surface area contributed by atoms with Crippen LogP contribution in [0.25, 0.3) is 0 Å². The summed E-state index contributed by atoms with van der Waals surface area (Å²) >= 11 is 6.35. The highest BCUT2D eigenvalue weighted by Crippen LogP contribution is 2.42. The summed E-state index contributed by atoms with van der Waals surface area (Å²) in [5, 5.41) is 0. The van der Waals surface area contributed by atoms with Gasteiger partial charge in [-0.2, -0.15) is 0 Å². The average Bonchev–Trinajstić information content (AvgIpc) is 3.06. The van der Waals surface area contributed by atoms with Crippen LogP contribution in [0.5, 0.6) is 0 Å². The molecule has 0 nitrogen and oxygen atoms in total. The Morgan fingerprint density at radius 2 is 1.89 bits per heavy atom. The van der Waals surface area contributed by atoms with Gasteiger partial charge in [-0.05, 0) is 23.9 Å². The number of hydrogen-bond acceptors (Lipinski definition) is 0. The third-order valence-electron chi connectivity index (χ3n) is 4.29. The molecule has 0 aromatic carbocycles. The first-order chi connectivity index (χ1) is 8.70. The summed E-state index contributed by atoms with van der Waals surface area (Å²) in [7, 11) is -1.51. The van der Waals surface area contributed by atoms with E-state index >= 15 is 0 Å². The van der Waals surface area contributed by atoms with E-state index in [0.29, 0.717) is 11.1 Å². The predicted octanol–water partition coefficient (Wildman–Crippen LogP) is 5.40. The fourth-order valence-corrected chi connectivity index (χ4v) is 6.90. The van der Waals surface area contributed by atoms with Crippen molar-refractivity contribution in [2.45, 2.75) is 43.8 Å². The average molecular weight is 279 g/mol. The van der Waals surface area contributed by atoms with Crippen LogP contribution in [0.4, 0.5) is 0 Å². The molecule has 2 aliphatic carbocycles. The van der Waals surface area contributed by atoms with Crippen molar-refractivity contribution in [3.63, 3.8) is 0 Å². The predicted molar refractivity (Wildman–Crippen MR) is 84.9 cm³/mol. The van der Waals surface area contributed by atoms with E-state index in [1.165, 1.54) is 24.8 Å². The molecule has 0 saturated carbocycles. The Hall–Kier alpha value is -0.533. The molecule has 0 saturated heterocycles. The van der Waals surface area contributed by atoms with Gasteiger partial charge in [0.2, 0.25) is 0 Å². The van der Waals surface area contributed by atoms with E-state index in [1.54, 1.807) is 0 Å². The Balaban J connectivity index is 2.10. The van der Waals surface area contributed by atoms with Gasteiger partial charge < -0.3 is 0 Å². The monoisotopic (exact) mass is 278 g/mol. The van der Waals surface area contributed by atoms with E-state index in [-0.39, 0.29) is 0 Å². The highest BCUT2D eigenvalue weighted by Gasteiger charge is 2.40. The van der Waals surface area contributed by atoms with Crippen LogP contribution in [0, 0.1) is 0 Å². The van der Waals surface area contributed by atoms with Gasteiger partial charge in [0, 0.05) is 5.50 Å². The Labute approximate surface area is 117 Å². The van der Waals surface area contributed by atoms with Gasteiger partial charge in [0.15, 0.2) is 0 Å². The van der Waals surface area contributed by atoms with Crippen LogP contribution in [-0.4, -0.2) is 13.6 Å². The lowest BCUT2D eigenvalue weighted by Gasteiger charge is -2.33. The van der Waals surface area contributed by atoms with Crippen LogP contribution in [0.2, 0.25) is 17.6 Å². The summed E-state index contributed by atoms with van der Waals surface area (Å²) < 4.78 is 0. The van der Waals surface area contributed by atoms with Crippen molar-refractivity contribution in [1.82, 2.24) is 0 Å². The van der Waals surface area contributed by atoms with Gasteiger partial charge in [-0.25, -0.2) is 0 Å². The molecule has 0 N–H and O–H groups in total.